The number of ether oxygens (including phenoxy) is 2. The van der Waals surface area contributed by atoms with Crippen molar-refractivity contribution in [1.82, 2.24) is 53.2 Å². The van der Waals surface area contributed by atoms with Gasteiger partial charge in [0.25, 0.3) is 0 Å². The molecule has 45 nitrogen and oxygen atoms in total. The molecule has 0 bridgehead atoms. The maximum Gasteiger partial charge on any atom is 0.335 e. The molecule has 0 aliphatic heterocycles. The van der Waals surface area contributed by atoms with Crippen LogP contribution in [0.2, 0.25) is 0 Å². The minimum Gasteiger partial charge on any atom is -0.494 e. The van der Waals surface area contributed by atoms with Crippen LogP contribution in [0.25, 0.3) is 0 Å². The molecule has 0 aliphatic rings. The fourth-order valence-corrected chi connectivity index (χ4v) is 14.6. The molecule has 10 amide bonds. The number of carboxylic acid groups (broad SMARTS) is 9. The summed E-state index contributed by atoms with van der Waals surface area (Å²) in [5.41, 5.74) is 17.3. The van der Waals surface area contributed by atoms with E-state index < -0.39 is 235 Å². The summed E-state index contributed by atoms with van der Waals surface area (Å²) in [7, 11) is 0. The highest BCUT2D eigenvalue weighted by Crippen LogP contribution is 2.26. The summed E-state index contributed by atoms with van der Waals surface area (Å²) >= 11 is 0. The molecule has 0 saturated carbocycles. The fraction of sp³-hybridized carbons (Fsp3) is 0.656. The lowest BCUT2D eigenvalue weighted by molar-refractivity contribution is -0.145. The molecule has 2 aromatic rings. The van der Waals surface area contributed by atoms with Crippen LogP contribution in [0.1, 0.15) is 319 Å². The number of benzene rings is 2. The third-order valence-electron chi connectivity index (χ3n) is 23.3. The quantitative estimate of drug-likeness (QED) is 0.0354. The molecule has 2 aromatic carbocycles. The number of carbonyl (C=O) groups is 21. The van der Waals surface area contributed by atoms with E-state index >= 15 is 0 Å². The van der Waals surface area contributed by atoms with Crippen LogP contribution < -0.4 is 79.8 Å². The maximum atomic E-state index is 13.8. The van der Waals surface area contributed by atoms with E-state index in [2.05, 4.69) is 53.2 Å². The van der Waals surface area contributed by atoms with Gasteiger partial charge in [-0.05, 0) is 191 Å². The third-order valence-corrected chi connectivity index (χ3v) is 23.3. The Morgan fingerprint density at radius 2 is 0.532 bits per heavy atom. The number of unbranched alkanes of at least 4 members (excludes halogenated alkanes) is 18. The van der Waals surface area contributed by atoms with E-state index in [4.69, 9.17) is 36.9 Å². The van der Waals surface area contributed by atoms with Gasteiger partial charge in [0.1, 0.15) is 53.5 Å². The van der Waals surface area contributed by atoms with Gasteiger partial charge in [0.15, 0.2) is 5.78 Å². The molecule has 792 valence electrons. The van der Waals surface area contributed by atoms with E-state index in [0.717, 1.165) is 89.9 Å². The SMILES string of the molecule is CC(C)(N)C(=O)C[C@@H](CCCCNC(=O)[C@@H](N)CCCCNC(=O)CC[C@H](NC(=O)CC[C@H](NC(=O)CC[C@H](NC(=O)CCCCCCCCCCOc1ccc(C(=O)O)cc1)C(=O)O)C(=O)O)C(=O)O)C(=O)C[C@@H](CCCCNC(=O)[C@@H](N)CCCCNC(=O)CC[C@H](NC(=O)CC[C@H](NC(=O)CC[C@H](NC(=O)CCCCCCCCCCOc1ccc(C(=O)O)cc1)C(=O)O)C(=O)O)C(=O)O)C(=O)O.[HH]. The van der Waals surface area contributed by atoms with Crippen molar-refractivity contribution >= 4 is 124 Å². The molecule has 2 rings (SSSR count). The van der Waals surface area contributed by atoms with Crippen molar-refractivity contribution in [1.29, 1.82) is 0 Å². The first kappa shape index (κ1) is 124. The zero-order valence-electron chi connectivity index (χ0n) is 80.9. The molecule has 0 radical (unpaired) electrons. The fourth-order valence-electron chi connectivity index (χ4n) is 14.6. The van der Waals surface area contributed by atoms with E-state index in [-0.39, 0.29) is 129 Å². The lowest BCUT2D eigenvalue weighted by Gasteiger charge is -2.23. The number of hydrogen-bond acceptors (Lipinski definition) is 26. The molecule has 45 heteroatoms. The van der Waals surface area contributed by atoms with Crippen LogP contribution in [0, 0.1) is 11.8 Å². The van der Waals surface area contributed by atoms with Gasteiger partial charge in [0, 0.05) is 97.7 Å². The van der Waals surface area contributed by atoms with Crippen LogP contribution in [0.3, 0.4) is 0 Å². The summed E-state index contributed by atoms with van der Waals surface area (Å²) in [6.45, 7) is 4.44. The summed E-state index contributed by atoms with van der Waals surface area (Å²) in [4.78, 5) is 261. The highest BCUT2D eigenvalue weighted by Gasteiger charge is 2.34. The Bertz CT molecular complexity index is 4330. The molecule has 0 unspecified atom stereocenters. The van der Waals surface area contributed by atoms with Crippen LogP contribution >= 0.6 is 0 Å². The lowest BCUT2D eigenvalue weighted by atomic mass is 9.83. The maximum absolute atomic E-state index is 13.8. The number of rotatable bonds is 85. The molecule has 10 atom stereocenters. The third kappa shape index (κ3) is 59.4. The first-order valence-electron chi connectivity index (χ1n) is 48.6. The number of aliphatic carboxylic acids is 7. The largest absolute Gasteiger partial charge is 0.494 e. The molecule has 0 aromatic heterocycles. The number of ketones is 2. The van der Waals surface area contributed by atoms with Gasteiger partial charge in [0.2, 0.25) is 59.1 Å². The molecule has 141 heavy (non-hydrogen) atoms. The molecular weight excluding hydrogens is 1850 g/mol. The molecule has 0 saturated heterocycles. The van der Waals surface area contributed by atoms with Crippen molar-refractivity contribution in [2.45, 2.75) is 350 Å². The van der Waals surface area contributed by atoms with Crippen LogP contribution in [0.5, 0.6) is 11.5 Å². The lowest BCUT2D eigenvalue weighted by Crippen LogP contribution is -2.45. The monoisotopic (exact) mass is 2000 g/mol. The second-order valence-corrected chi connectivity index (χ2v) is 35.7. The standard InChI is InChI=1S/C96H149N13O32.H2/c1-96(2,99)76(111)60-63(27-17-21-55-102-85(120)67(97)29-19-23-53-100-77(112)47-41-69(90(128)129)106-81(116)51-45-73(94(136)137)108-83(118)49-43-71(92(132)133)104-79(114)31-15-11-7-3-5-9-13-25-57-140-65-37-33-61(34-38-65)87(122)123)75(110)59-64(89(126)127)28-18-22-56-103-86(121)68(98)30-20-24-54-101-78(113)48-42-70(91(130)131)107-82(117)52-46-74(95(138)139)109-84(119)50-44-72(93(134)135)105-80(115)32-16-12-8-4-6-10-14-26-58-141-66-39-35-62(36-40-66)88(124)125;/h33-40,63-64,67-74H,3-32,41-60,97-99H2,1-2H3,(H,100,112)(H,101,113)(H,102,120)(H,103,121)(H,104,114)(H,105,115)(H,106,116)(H,107,117)(H,108,118)(H,109,119)(H,122,123)(H,124,125)(H,126,127)(H,128,129)(H,130,131)(H,132,133)(H,134,135)(H,136,137)(H,138,139);1H/t63-,64-,67+,68+,69+,70+,71+,72+,73+,74+;/m1./s1. The predicted octanol–water partition coefficient (Wildman–Crippen LogP) is 5.68. The topological polar surface area (TPSA) is 757 Å². The predicted molar refractivity (Wildman–Crippen MR) is 511 cm³/mol. The number of carboxylic acids is 9. The van der Waals surface area contributed by atoms with Gasteiger partial charge in [-0.25, -0.2) is 38.4 Å². The molecule has 0 spiro atoms. The van der Waals surface area contributed by atoms with E-state index in [1.165, 1.54) is 38.1 Å². The van der Waals surface area contributed by atoms with Crippen LogP contribution in [-0.2, 0) is 91.1 Å². The van der Waals surface area contributed by atoms with E-state index in [0.29, 0.717) is 82.5 Å². The Labute approximate surface area is 821 Å². The molecule has 0 heterocycles. The van der Waals surface area contributed by atoms with Gasteiger partial charge >= 0.3 is 53.7 Å². The highest BCUT2D eigenvalue weighted by molar-refractivity contribution is 5.95. The van der Waals surface area contributed by atoms with Gasteiger partial charge in [0.05, 0.1) is 47.9 Å². The van der Waals surface area contributed by atoms with Gasteiger partial charge in [-0.1, -0.05) is 89.9 Å². The zero-order chi connectivity index (χ0) is 105. The summed E-state index contributed by atoms with van der Waals surface area (Å²) in [5.74, 6) is -20.6. The smallest absolute Gasteiger partial charge is 0.335 e. The number of aromatic carboxylic acids is 2. The average molecular weight is 2000 g/mol. The number of hydrogen-bond donors (Lipinski definition) is 22. The summed E-state index contributed by atoms with van der Waals surface area (Å²) in [6, 6.07) is 1.13. The zero-order valence-corrected chi connectivity index (χ0v) is 80.9. The van der Waals surface area contributed by atoms with E-state index in [1.807, 2.05) is 0 Å². The van der Waals surface area contributed by atoms with Crippen molar-refractivity contribution in [3.8, 4) is 11.5 Å². The van der Waals surface area contributed by atoms with Crippen molar-refractivity contribution in [2.24, 2.45) is 29.0 Å². The van der Waals surface area contributed by atoms with Gasteiger partial charge < -0.3 is 126 Å². The van der Waals surface area contributed by atoms with Gasteiger partial charge in [-0.3, -0.25) is 62.3 Å². The van der Waals surface area contributed by atoms with Crippen LogP contribution in [0.15, 0.2) is 48.5 Å². The molecular formula is C96H151N13O32. The van der Waals surface area contributed by atoms with Crippen molar-refractivity contribution in [2.75, 3.05) is 39.4 Å². The van der Waals surface area contributed by atoms with Crippen LogP contribution in [0.4, 0.5) is 0 Å². The second-order valence-electron chi connectivity index (χ2n) is 35.7. The first-order valence-corrected chi connectivity index (χ1v) is 48.6. The van der Waals surface area contributed by atoms with Crippen molar-refractivity contribution in [3.05, 3.63) is 59.7 Å². The Kier molecular flexibility index (Phi) is 63.1. The Hall–Kier alpha value is -12.8. The number of amides is 10. The van der Waals surface area contributed by atoms with Crippen molar-refractivity contribution in [3.63, 3.8) is 0 Å². The first-order chi connectivity index (χ1) is 66.9. The second kappa shape index (κ2) is 71.6. The Morgan fingerprint density at radius 1 is 0.284 bits per heavy atom. The Morgan fingerprint density at radius 3 is 0.801 bits per heavy atom. The number of Topliss-reactive ketones (excluding diaryl/α,β-unsaturated/α-hetero) is 2. The van der Waals surface area contributed by atoms with E-state index in [9.17, 15) is 136 Å². The minimum absolute atomic E-state index is 0. The number of carbonyl (C=O) groups excluding carboxylic acids is 12. The number of nitrogens with one attached hydrogen (secondary N) is 10. The number of nitrogens with two attached hydrogens (primary N) is 3. The summed E-state index contributed by atoms with van der Waals surface area (Å²) in [6.07, 6.45) is 11.0. The Balaban J connectivity index is 0.000101. The summed E-state index contributed by atoms with van der Waals surface area (Å²) < 4.78 is 11.3. The average Bonchev–Trinajstić information content (AvgIpc) is 0.867. The summed E-state index contributed by atoms with van der Waals surface area (Å²) in [5, 5.41) is 111. The molecule has 0 fully saturated rings. The molecule has 0 aliphatic carbocycles. The van der Waals surface area contributed by atoms with Crippen molar-refractivity contribution < 1.29 is 158 Å². The van der Waals surface area contributed by atoms with Crippen LogP contribution in [-0.4, -0.2) is 264 Å². The van der Waals surface area contributed by atoms with E-state index in [1.54, 1.807) is 24.3 Å². The minimum atomic E-state index is -1.63. The highest BCUT2D eigenvalue weighted by atomic mass is 16.5. The van der Waals surface area contributed by atoms with Gasteiger partial charge in [-0.2, -0.15) is 0 Å². The molecule has 25 N–H and O–H groups in total. The normalized spacial score (nSPS) is 13.3. The van der Waals surface area contributed by atoms with Gasteiger partial charge in [-0.15, -0.1) is 0 Å².